The maximum absolute atomic E-state index is 6.21. The van der Waals surface area contributed by atoms with Crippen molar-refractivity contribution in [1.29, 1.82) is 0 Å². The van der Waals surface area contributed by atoms with E-state index in [0.29, 0.717) is 5.92 Å². The lowest BCUT2D eigenvalue weighted by Gasteiger charge is -2.35. The molecule has 0 fully saturated rings. The third kappa shape index (κ3) is 3.48. The Kier molecular flexibility index (Phi) is 4.36. The molecule has 94 valence electrons. The lowest BCUT2D eigenvalue weighted by Crippen LogP contribution is -2.41. The topological polar surface area (TPSA) is 24.8 Å². The smallest absolute Gasteiger partial charge is 0.148 e. The number of rotatable bonds is 3. The lowest BCUT2D eigenvalue weighted by molar-refractivity contribution is -0.151. The average molecular weight is 226 g/mol. The summed E-state index contributed by atoms with van der Waals surface area (Å²) < 4.78 is 6.21. The lowest BCUT2D eigenvalue weighted by atomic mass is 10.0. The van der Waals surface area contributed by atoms with Crippen LogP contribution in [0.5, 0.6) is 0 Å². The molecule has 1 aliphatic heterocycles. The van der Waals surface area contributed by atoms with Crippen LogP contribution in [0.3, 0.4) is 0 Å². The summed E-state index contributed by atoms with van der Waals surface area (Å²) in [5, 5.41) is 6.81. The second kappa shape index (κ2) is 5.17. The van der Waals surface area contributed by atoms with Crippen molar-refractivity contribution in [3.63, 3.8) is 0 Å². The first-order chi connectivity index (χ1) is 7.35. The van der Waals surface area contributed by atoms with Gasteiger partial charge >= 0.3 is 0 Å². The van der Waals surface area contributed by atoms with Crippen LogP contribution >= 0.6 is 0 Å². The predicted octanol–water partition coefficient (Wildman–Crippen LogP) is 3.26. The van der Waals surface area contributed by atoms with Gasteiger partial charge in [-0.05, 0) is 33.1 Å². The first-order valence-electron chi connectivity index (χ1n) is 6.34. The second-order valence-electron chi connectivity index (χ2n) is 5.69. The Balaban J connectivity index is 2.91. The highest BCUT2D eigenvalue weighted by Gasteiger charge is 2.32. The molecule has 1 aliphatic rings. The van der Waals surface area contributed by atoms with Crippen molar-refractivity contribution >= 4 is 5.71 Å². The molecule has 0 spiro atoms. The molecule has 0 aromatic carbocycles. The minimum Gasteiger partial charge on any atom is -0.350 e. The largest absolute Gasteiger partial charge is 0.350 e. The van der Waals surface area contributed by atoms with Crippen molar-refractivity contribution in [1.82, 2.24) is 5.01 Å². The van der Waals surface area contributed by atoms with Gasteiger partial charge in [0.05, 0.1) is 5.60 Å². The SMILES string of the molecule is CCCN1N=C(C)CC(C)(C)OC1C(C)C. The number of hydrogen-bond acceptors (Lipinski definition) is 3. The molecular formula is C13H26N2O. The normalized spacial score (nSPS) is 25.6. The molecule has 0 saturated heterocycles. The van der Waals surface area contributed by atoms with Crippen LogP contribution in [0.15, 0.2) is 5.10 Å². The van der Waals surface area contributed by atoms with Crippen LogP contribution in [0.25, 0.3) is 0 Å². The van der Waals surface area contributed by atoms with Gasteiger partial charge in [-0.25, -0.2) is 0 Å². The van der Waals surface area contributed by atoms with E-state index < -0.39 is 0 Å². The van der Waals surface area contributed by atoms with E-state index in [-0.39, 0.29) is 11.8 Å². The van der Waals surface area contributed by atoms with Crippen LogP contribution in [0.1, 0.15) is 54.4 Å². The Labute approximate surface area is 99.9 Å². The van der Waals surface area contributed by atoms with Gasteiger partial charge in [-0.2, -0.15) is 5.10 Å². The minimum absolute atomic E-state index is 0.104. The molecular weight excluding hydrogens is 200 g/mol. The third-order valence-electron chi connectivity index (χ3n) is 2.74. The summed E-state index contributed by atoms with van der Waals surface area (Å²) in [7, 11) is 0. The highest BCUT2D eigenvalue weighted by molar-refractivity contribution is 5.82. The zero-order chi connectivity index (χ0) is 12.3. The molecule has 0 radical (unpaired) electrons. The number of hydrazone groups is 1. The Hall–Kier alpha value is -0.570. The molecule has 0 aliphatic carbocycles. The maximum Gasteiger partial charge on any atom is 0.148 e. The molecule has 0 saturated carbocycles. The minimum atomic E-state index is -0.106. The van der Waals surface area contributed by atoms with E-state index in [1.807, 2.05) is 0 Å². The summed E-state index contributed by atoms with van der Waals surface area (Å²) in [4.78, 5) is 0. The molecule has 0 aromatic heterocycles. The molecule has 1 atom stereocenters. The van der Waals surface area contributed by atoms with E-state index in [9.17, 15) is 0 Å². The van der Waals surface area contributed by atoms with Crippen LogP contribution in [-0.4, -0.2) is 29.1 Å². The summed E-state index contributed by atoms with van der Waals surface area (Å²) in [6, 6.07) is 0. The molecule has 16 heavy (non-hydrogen) atoms. The summed E-state index contributed by atoms with van der Waals surface area (Å²) >= 11 is 0. The standard InChI is InChI=1S/C13H26N2O/c1-7-8-15-12(10(2)3)16-13(5,6)9-11(4)14-15/h10,12H,7-9H2,1-6H3. The van der Waals surface area contributed by atoms with Gasteiger partial charge in [-0.1, -0.05) is 20.8 Å². The first kappa shape index (κ1) is 13.5. The van der Waals surface area contributed by atoms with Crippen molar-refractivity contribution in [3.8, 4) is 0 Å². The molecule has 1 rings (SSSR count). The molecule has 3 heteroatoms. The predicted molar refractivity (Wildman–Crippen MR) is 68.5 cm³/mol. The van der Waals surface area contributed by atoms with Gasteiger partial charge in [0.1, 0.15) is 6.23 Å². The highest BCUT2D eigenvalue weighted by atomic mass is 16.5. The molecule has 1 unspecified atom stereocenters. The fraction of sp³-hybridized carbons (Fsp3) is 0.923. The Morgan fingerprint density at radius 3 is 2.62 bits per heavy atom. The highest BCUT2D eigenvalue weighted by Crippen LogP contribution is 2.27. The number of ether oxygens (including phenoxy) is 1. The summed E-state index contributed by atoms with van der Waals surface area (Å²) in [6.07, 6.45) is 2.12. The van der Waals surface area contributed by atoms with Gasteiger partial charge in [0.15, 0.2) is 0 Å². The van der Waals surface area contributed by atoms with Gasteiger partial charge in [0, 0.05) is 18.7 Å². The summed E-state index contributed by atoms with van der Waals surface area (Å²) in [5.41, 5.74) is 1.06. The van der Waals surface area contributed by atoms with E-state index in [2.05, 4.69) is 51.7 Å². The number of nitrogens with zero attached hydrogens (tertiary/aromatic N) is 2. The van der Waals surface area contributed by atoms with Crippen molar-refractivity contribution in [2.45, 2.75) is 66.2 Å². The zero-order valence-corrected chi connectivity index (χ0v) is 11.6. The third-order valence-corrected chi connectivity index (χ3v) is 2.74. The van der Waals surface area contributed by atoms with E-state index in [1.54, 1.807) is 0 Å². The quantitative estimate of drug-likeness (QED) is 0.738. The summed E-state index contributed by atoms with van der Waals surface area (Å²) in [5.74, 6) is 0.459. The van der Waals surface area contributed by atoms with Gasteiger partial charge in [0.25, 0.3) is 0 Å². The van der Waals surface area contributed by atoms with Crippen molar-refractivity contribution in [2.75, 3.05) is 6.54 Å². The maximum atomic E-state index is 6.21. The Bertz CT molecular complexity index is 259. The fourth-order valence-corrected chi connectivity index (χ4v) is 2.24. The fourth-order valence-electron chi connectivity index (χ4n) is 2.24. The molecule has 0 bridgehead atoms. The van der Waals surface area contributed by atoms with Crippen LogP contribution in [0, 0.1) is 5.92 Å². The molecule has 0 amide bonds. The zero-order valence-electron chi connectivity index (χ0n) is 11.6. The van der Waals surface area contributed by atoms with E-state index in [0.717, 1.165) is 19.4 Å². The molecule has 1 heterocycles. The molecule has 0 aromatic rings. The summed E-state index contributed by atoms with van der Waals surface area (Å²) in [6.45, 7) is 13.9. The van der Waals surface area contributed by atoms with Crippen LogP contribution in [0.4, 0.5) is 0 Å². The van der Waals surface area contributed by atoms with Crippen LogP contribution in [0.2, 0.25) is 0 Å². The Morgan fingerprint density at radius 1 is 1.50 bits per heavy atom. The molecule has 3 nitrogen and oxygen atoms in total. The first-order valence-corrected chi connectivity index (χ1v) is 6.34. The van der Waals surface area contributed by atoms with E-state index >= 15 is 0 Å². The van der Waals surface area contributed by atoms with E-state index in [4.69, 9.17) is 4.74 Å². The molecule has 0 N–H and O–H groups in total. The second-order valence-corrected chi connectivity index (χ2v) is 5.69. The van der Waals surface area contributed by atoms with Crippen molar-refractivity contribution in [2.24, 2.45) is 11.0 Å². The van der Waals surface area contributed by atoms with Crippen molar-refractivity contribution < 1.29 is 4.74 Å². The van der Waals surface area contributed by atoms with Gasteiger partial charge < -0.3 is 4.74 Å². The van der Waals surface area contributed by atoms with Gasteiger partial charge in [-0.15, -0.1) is 0 Å². The van der Waals surface area contributed by atoms with Crippen molar-refractivity contribution in [3.05, 3.63) is 0 Å². The van der Waals surface area contributed by atoms with Crippen LogP contribution in [-0.2, 0) is 4.74 Å². The van der Waals surface area contributed by atoms with Gasteiger partial charge in [0.2, 0.25) is 0 Å². The van der Waals surface area contributed by atoms with E-state index in [1.165, 1.54) is 5.71 Å². The Morgan fingerprint density at radius 2 is 2.12 bits per heavy atom. The van der Waals surface area contributed by atoms with Crippen LogP contribution < -0.4 is 0 Å². The average Bonchev–Trinajstić information content (AvgIpc) is 2.22. The van der Waals surface area contributed by atoms with Gasteiger partial charge in [-0.3, -0.25) is 5.01 Å². The number of hydrogen-bond donors (Lipinski definition) is 0. The monoisotopic (exact) mass is 226 g/mol.